The van der Waals surface area contributed by atoms with Gasteiger partial charge in [0, 0.05) is 28.9 Å². The second-order valence-electron chi connectivity index (χ2n) is 6.47. The van der Waals surface area contributed by atoms with Crippen LogP contribution in [0.25, 0.3) is 20.7 Å². The van der Waals surface area contributed by atoms with E-state index in [-0.39, 0.29) is 17.2 Å². The molecule has 7 nitrogen and oxygen atoms in total. The highest BCUT2D eigenvalue weighted by Crippen LogP contribution is 2.34. The number of carbonyl (C=O) groups is 1. The predicted octanol–water partition coefficient (Wildman–Crippen LogP) is 4.47. The Labute approximate surface area is 190 Å². The monoisotopic (exact) mass is 473 g/mol. The highest BCUT2D eigenvalue weighted by molar-refractivity contribution is 7.99. The molecule has 0 aliphatic rings. The van der Waals surface area contributed by atoms with Crippen LogP contribution in [0.3, 0.4) is 0 Å². The van der Waals surface area contributed by atoms with E-state index in [1.807, 2.05) is 22.9 Å². The summed E-state index contributed by atoms with van der Waals surface area (Å²) in [6.45, 7) is 0. The maximum Gasteiger partial charge on any atom is 0.263 e. The number of hydrogen-bond acceptors (Lipinski definition) is 8. The normalized spacial score (nSPS) is 10.9. The summed E-state index contributed by atoms with van der Waals surface area (Å²) >= 11 is 4.23. The second-order valence-corrected chi connectivity index (χ2v) is 9.22. The van der Waals surface area contributed by atoms with E-state index in [2.05, 4.69) is 10.3 Å². The smallest absolute Gasteiger partial charge is 0.263 e. The van der Waals surface area contributed by atoms with Gasteiger partial charge in [0.1, 0.15) is 16.3 Å². The van der Waals surface area contributed by atoms with Gasteiger partial charge in [0.05, 0.1) is 31.0 Å². The van der Waals surface area contributed by atoms with Gasteiger partial charge in [-0.05, 0) is 23.6 Å². The fraction of sp³-hybridized carbons (Fsp3) is 0.190. The van der Waals surface area contributed by atoms with Gasteiger partial charge in [0.15, 0.2) is 5.16 Å². The van der Waals surface area contributed by atoms with E-state index in [0.717, 1.165) is 10.4 Å². The minimum atomic E-state index is -0.239. The van der Waals surface area contributed by atoms with Gasteiger partial charge in [-0.3, -0.25) is 14.2 Å². The van der Waals surface area contributed by atoms with Crippen LogP contribution in [0.4, 0.5) is 5.69 Å². The predicted molar refractivity (Wildman–Crippen MR) is 127 cm³/mol. The van der Waals surface area contributed by atoms with Crippen LogP contribution in [0.15, 0.2) is 51.0 Å². The standard InChI is InChI=1S/C21H19N3O4S3/c1-24-20(26)18-13(16-5-4-8-29-16)10-30-19(18)23-21(24)31-11-17(25)22-14-9-12(27-2)6-7-15(14)28-3/h4-10H,11H2,1-3H3,(H,22,25). The number of nitrogens with one attached hydrogen (secondary N) is 1. The van der Waals surface area contributed by atoms with Crippen molar-refractivity contribution < 1.29 is 14.3 Å². The van der Waals surface area contributed by atoms with Crippen molar-refractivity contribution in [2.45, 2.75) is 5.16 Å². The summed E-state index contributed by atoms with van der Waals surface area (Å²) in [5, 5.41) is 7.87. The number of thioether (sulfide) groups is 1. The fourth-order valence-electron chi connectivity index (χ4n) is 3.02. The Morgan fingerprint density at radius 3 is 2.77 bits per heavy atom. The van der Waals surface area contributed by atoms with Crippen molar-refractivity contribution in [3.63, 3.8) is 0 Å². The molecular weight excluding hydrogens is 454 g/mol. The molecule has 160 valence electrons. The summed E-state index contributed by atoms with van der Waals surface area (Å²) in [5.74, 6) is 0.995. The first-order chi connectivity index (χ1) is 15.0. The van der Waals surface area contributed by atoms with E-state index < -0.39 is 0 Å². The molecular formula is C21H19N3O4S3. The highest BCUT2D eigenvalue weighted by Gasteiger charge is 2.17. The number of aromatic nitrogens is 2. The lowest BCUT2D eigenvalue weighted by molar-refractivity contribution is -0.113. The molecule has 0 aliphatic carbocycles. The van der Waals surface area contributed by atoms with Crippen LogP contribution in [-0.2, 0) is 11.8 Å². The Hall–Kier alpha value is -2.82. The molecule has 1 amide bonds. The number of rotatable bonds is 7. The van der Waals surface area contributed by atoms with Gasteiger partial charge < -0.3 is 14.8 Å². The zero-order valence-corrected chi connectivity index (χ0v) is 19.5. The number of amides is 1. The van der Waals surface area contributed by atoms with Crippen LogP contribution in [0.5, 0.6) is 11.5 Å². The van der Waals surface area contributed by atoms with Gasteiger partial charge in [-0.2, -0.15) is 0 Å². The third kappa shape index (κ3) is 4.32. The zero-order chi connectivity index (χ0) is 22.0. The quantitative estimate of drug-likeness (QED) is 0.315. The number of anilines is 1. The van der Waals surface area contributed by atoms with E-state index in [1.165, 1.54) is 34.8 Å². The number of methoxy groups -OCH3 is 2. The van der Waals surface area contributed by atoms with Crippen molar-refractivity contribution >= 4 is 56.2 Å². The molecule has 0 aliphatic heterocycles. The van der Waals surface area contributed by atoms with Gasteiger partial charge >= 0.3 is 0 Å². The molecule has 4 aromatic rings. The molecule has 4 rings (SSSR count). The summed E-state index contributed by atoms with van der Waals surface area (Å²) in [6, 6.07) is 9.12. The molecule has 0 fully saturated rings. The topological polar surface area (TPSA) is 82.5 Å². The molecule has 1 aromatic carbocycles. The lowest BCUT2D eigenvalue weighted by Gasteiger charge is -2.12. The van der Waals surface area contributed by atoms with Gasteiger partial charge in [-0.25, -0.2) is 4.98 Å². The Morgan fingerprint density at radius 1 is 1.23 bits per heavy atom. The molecule has 3 aromatic heterocycles. The van der Waals surface area contributed by atoms with Gasteiger partial charge in [0.25, 0.3) is 5.56 Å². The first kappa shape index (κ1) is 21.4. The molecule has 3 heterocycles. The minimum Gasteiger partial charge on any atom is -0.497 e. The van der Waals surface area contributed by atoms with E-state index in [1.54, 1.807) is 43.7 Å². The van der Waals surface area contributed by atoms with E-state index in [9.17, 15) is 9.59 Å². The molecule has 0 unspecified atom stereocenters. The molecule has 10 heteroatoms. The van der Waals surface area contributed by atoms with Crippen molar-refractivity contribution in [1.82, 2.24) is 9.55 Å². The second kappa shape index (κ2) is 9.13. The van der Waals surface area contributed by atoms with Crippen LogP contribution in [-0.4, -0.2) is 35.4 Å². The number of nitrogens with zero attached hydrogens (tertiary/aromatic N) is 2. The van der Waals surface area contributed by atoms with E-state index in [0.29, 0.717) is 32.6 Å². The number of thiophene rings is 2. The van der Waals surface area contributed by atoms with Crippen molar-refractivity contribution in [1.29, 1.82) is 0 Å². The maximum atomic E-state index is 13.0. The average molecular weight is 474 g/mol. The SMILES string of the molecule is COc1ccc(OC)c(NC(=O)CSc2nc3scc(-c4cccs4)c3c(=O)n2C)c1. The fourth-order valence-corrected chi connectivity index (χ4v) is 5.60. The molecule has 0 saturated heterocycles. The lowest BCUT2D eigenvalue weighted by Crippen LogP contribution is -2.21. The first-order valence-corrected chi connectivity index (χ1v) is 11.9. The third-order valence-electron chi connectivity index (χ3n) is 4.57. The number of fused-ring (bicyclic) bond motifs is 1. The molecule has 0 saturated carbocycles. The number of ether oxygens (including phenoxy) is 2. The minimum absolute atomic E-state index is 0.0926. The number of carbonyl (C=O) groups excluding carboxylic acids is 1. The Morgan fingerprint density at radius 2 is 2.06 bits per heavy atom. The third-order valence-corrected chi connectivity index (χ3v) is 7.38. The largest absolute Gasteiger partial charge is 0.497 e. The van der Waals surface area contributed by atoms with Crippen LogP contribution in [0.2, 0.25) is 0 Å². The van der Waals surface area contributed by atoms with Gasteiger partial charge in [-0.1, -0.05) is 17.8 Å². The first-order valence-electron chi connectivity index (χ1n) is 9.18. The van der Waals surface area contributed by atoms with Crippen molar-refractivity contribution in [3.05, 3.63) is 51.4 Å². The number of hydrogen-bond donors (Lipinski definition) is 1. The summed E-state index contributed by atoms with van der Waals surface area (Å²) in [6.07, 6.45) is 0. The molecule has 0 bridgehead atoms. The Balaban J connectivity index is 1.54. The van der Waals surface area contributed by atoms with E-state index in [4.69, 9.17) is 9.47 Å². The molecule has 31 heavy (non-hydrogen) atoms. The summed E-state index contributed by atoms with van der Waals surface area (Å²) in [7, 11) is 4.77. The average Bonchev–Trinajstić information content (AvgIpc) is 3.45. The summed E-state index contributed by atoms with van der Waals surface area (Å²) in [5.41, 5.74) is 1.30. The molecule has 0 spiro atoms. The van der Waals surface area contributed by atoms with Crippen molar-refractivity contribution in [2.24, 2.45) is 7.05 Å². The van der Waals surface area contributed by atoms with Crippen molar-refractivity contribution in [3.8, 4) is 21.9 Å². The summed E-state index contributed by atoms with van der Waals surface area (Å²) in [4.78, 5) is 31.9. The van der Waals surface area contributed by atoms with E-state index >= 15 is 0 Å². The summed E-state index contributed by atoms with van der Waals surface area (Å²) < 4.78 is 12.0. The van der Waals surface area contributed by atoms with Crippen LogP contribution >= 0.6 is 34.4 Å². The molecule has 0 radical (unpaired) electrons. The maximum absolute atomic E-state index is 13.0. The zero-order valence-electron chi connectivity index (χ0n) is 17.0. The van der Waals surface area contributed by atoms with Crippen LogP contribution in [0, 0.1) is 0 Å². The van der Waals surface area contributed by atoms with Gasteiger partial charge in [-0.15, -0.1) is 22.7 Å². The molecule has 0 atom stereocenters. The Bertz CT molecular complexity index is 1300. The van der Waals surface area contributed by atoms with Crippen LogP contribution in [0.1, 0.15) is 0 Å². The van der Waals surface area contributed by atoms with Crippen molar-refractivity contribution in [2.75, 3.05) is 25.3 Å². The van der Waals surface area contributed by atoms with Gasteiger partial charge in [0.2, 0.25) is 5.91 Å². The number of benzene rings is 1. The highest BCUT2D eigenvalue weighted by atomic mass is 32.2. The molecule has 1 N–H and O–H groups in total. The Kier molecular flexibility index (Phi) is 6.30. The van der Waals surface area contributed by atoms with Crippen LogP contribution < -0.4 is 20.3 Å². The lowest BCUT2D eigenvalue weighted by atomic mass is 10.2.